The molecule has 0 saturated carbocycles. The van der Waals surface area contributed by atoms with Crippen LogP contribution in [0.3, 0.4) is 0 Å². The highest BCUT2D eigenvalue weighted by Gasteiger charge is 2.25. The molecule has 30 heavy (non-hydrogen) atoms. The molecule has 0 unspecified atom stereocenters. The van der Waals surface area contributed by atoms with E-state index >= 15 is 0 Å². The molecule has 0 atom stereocenters. The fourth-order valence-corrected chi connectivity index (χ4v) is 2.76. The van der Waals surface area contributed by atoms with E-state index in [1.54, 1.807) is 39.0 Å². The first kappa shape index (κ1) is 21.0. The van der Waals surface area contributed by atoms with E-state index in [4.69, 9.17) is 4.74 Å². The number of hydrogen-bond acceptors (Lipinski definition) is 4. The maximum atomic E-state index is 13.1. The Morgan fingerprint density at radius 3 is 2.30 bits per heavy atom. The lowest BCUT2D eigenvalue weighted by atomic mass is 9.96. The minimum Gasteiger partial charge on any atom is -0.497 e. The second-order valence-corrected chi connectivity index (χ2v) is 7.77. The molecule has 1 heterocycles. The monoisotopic (exact) mass is 411 g/mol. The summed E-state index contributed by atoms with van der Waals surface area (Å²) in [5.74, 6) is -0.856. The smallest absolute Gasteiger partial charge is 0.332 e. The molecule has 7 nitrogen and oxygen atoms in total. The summed E-state index contributed by atoms with van der Waals surface area (Å²) in [6, 6.07) is 9.56. The summed E-state index contributed by atoms with van der Waals surface area (Å²) in [7, 11) is 1.49. The standard InChI is InChI=1S/C22H22FN3O4/c1-22(2,3)20(28)25-21(29)26-12-17(16-11-15(30-4)9-10-18(16)26)19(27)24-14-7-5-13(23)6-8-14/h5-12H,1-4H3,(H,24,27)(H,25,28,29). The number of rotatable bonds is 3. The number of ether oxygens (including phenoxy) is 1. The topological polar surface area (TPSA) is 89.4 Å². The number of aromatic nitrogens is 1. The number of amides is 3. The molecule has 156 valence electrons. The molecule has 0 spiro atoms. The van der Waals surface area contributed by atoms with Gasteiger partial charge in [-0.15, -0.1) is 0 Å². The Morgan fingerprint density at radius 1 is 1.03 bits per heavy atom. The quantitative estimate of drug-likeness (QED) is 0.677. The first-order chi connectivity index (χ1) is 14.1. The molecular formula is C22H22FN3O4. The van der Waals surface area contributed by atoms with Gasteiger partial charge in [0.1, 0.15) is 11.6 Å². The van der Waals surface area contributed by atoms with Crippen molar-refractivity contribution >= 4 is 34.4 Å². The van der Waals surface area contributed by atoms with Crippen LogP contribution < -0.4 is 15.4 Å². The predicted molar refractivity (Wildman–Crippen MR) is 111 cm³/mol. The minimum atomic E-state index is -0.759. The molecule has 0 saturated heterocycles. The van der Waals surface area contributed by atoms with Crippen LogP contribution in [-0.2, 0) is 4.79 Å². The summed E-state index contributed by atoms with van der Waals surface area (Å²) in [5, 5.41) is 5.48. The number of benzene rings is 2. The number of anilines is 1. The molecule has 0 bridgehead atoms. The van der Waals surface area contributed by atoms with Gasteiger partial charge in [0.15, 0.2) is 0 Å². The Hall–Kier alpha value is -3.68. The van der Waals surface area contributed by atoms with Gasteiger partial charge in [-0.25, -0.2) is 9.18 Å². The number of halogens is 1. The lowest BCUT2D eigenvalue weighted by Gasteiger charge is -2.17. The number of carbonyl (C=O) groups is 3. The van der Waals surface area contributed by atoms with E-state index in [0.717, 1.165) is 0 Å². The van der Waals surface area contributed by atoms with E-state index < -0.39 is 29.1 Å². The van der Waals surface area contributed by atoms with Crippen molar-refractivity contribution in [3.63, 3.8) is 0 Å². The average Bonchev–Trinajstić information content (AvgIpc) is 3.08. The lowest BCUT2D eigenvalue weighted by molar-refractivity contribution is -0.127. The van der Waals surface area contributed by atoms with E-state index in [2.05, 4.69) is 10.6 Å². The van der Waals surface area contributed by atoms with Crippen LogP contribution in [0.2, 0.25) is 0 Å². The third kappa shape index (κ3) is 4.32. The highest BCUT2D eigenvalue weighted by atomic mass is 19.1. The molecule has 3 aromatic rings. The Bertz CT molecular complexity index is 1130. The SMILES string of the molecule is COc1ccc2c(c1)c(C(=O)Nc1ccc(F)cc1)cn2C(=O)NC(=O)C(C)(C)C. The highest BCUT2D eigenvalue weighted by Crippen LogP contribution is 2.27. The molecule has 3 rings (SSSR count). The number of methoxy groups -OCH3 is 1. The number of fused-ring (bicyclic) bond motifs is 1. The zero-order valence-electron chi connectivity index (χ0n) is 17.1. The number of imide groups is 1. The second kappa shape index (κ2) is 7.98. The first-order valence-electron chi connectivity index (χ1n) is 9.22. The van der Waals surface area contributed by atoms with Crippen molar-refractivity contribution in [3.05, 3.63) is 60.0 Å². The number of nitrogens with zero attached hydrogens (tertiary/aromatic N) is 1. The maximum absolute atomic E-state index is 13.1. The van der Waals surface area contributed by atoms with E-state index in [1.165, 1.54) is 42.1 Å². The summed E-state index contributed by atoms with van der Waals surface area (Å²) >= 11 is 0. The van der Waals surface area contributed by atoms with Crippen molar-refractivity contribution in [2.45, 2.75) is 20.8 Å². The van der Waals surface area contributed by atoms with Gasteiger partial charge < -0.3 is 10.1 Å². The Labute approximate surface area is 172 Å². The van der Waals surface area contributed by atoms with Gasteiger partial charge in [0.05, 0.1) is 18.2 Å². The van der Waals surface area contributed by atoms with E-state index in [9.17, 15) is 18.8 Å². The van der Waals surface area contributed by atoms with Gasteiger partial charge >= 0.3 is 6.03 Å². The third-order valence-corrected chi connectivity index (χ3v) is 4.48. The van der Waals surface area contributed by atoms with Crippen LogP contribution in [0.5, 0.6) is 5.75 Å². The van der Waals surface area contributed by atoms with Crippen molar-refractivity contribution in [2.24, 2.45) is 5.41 Å². The van der Waals surface area contributed by atoms with Crippen LogP contribution in [0.25, 0.3) is 10.9 Å². The van der Waals surface area contributed by atoms with Gasteiger partial charge in [-0.05, 0) is 42.5 Å². The minimum absolute atomic E-state index is 0.201. The Kier molecular flexibility index (Phi) is 5.60. The zero-order valence-corrected chi connectivity index (χ0v) is 17.1. The molecule has 2 aromatic carbocycles. The molecule has 8 heteroatoms. The van der Waals surface area contributed by atoms with Gasteiger partial charge in [-0.1, -0.05) is 20.8 Å². The normalized spacial score (nSPS) is 11.2. The Morgan fingerprint density at radius 2 is 1.70 bits per heavy atom. The van der Waals surface area contributed by atoms with Crippen LogP contribution in [-0.4, -0.2) is 29.5 Å². The van der Waals surface area contributed by atoms with E-state index in [0.29, 0.717) is 22.3 Å². The summed E-state index contributed by atoms with van der Waals surface area (Å²) in [5.41, 5.74) is 0.272. The summed E-state index contributed by atoms with van der Waals surface area (Å²) in [6.07, 6.45) is 1.36. The molecule has 2 N–H and O–H groups in total. The van der Waals surface area contributed by atoms with E-state index in [-0.39, 0.29) is 5.56 Å². The van der Waals surface area contributed by atoms with Crippen LogP contribution in [0.15, 0.2) is 48.7 Å². The number of carbonyl (C=O) groups excluding carboxylic acids is 3. The van der Waals surface area contributed by atoms with E-state index in [1.807, 2.05) is 0 Å². The largest absolute Gasteiger partial charge is 0.497 e. The van der Waals surface area contributed by atoms with Crippen molar-refractivity contribution in [1.82, 2.24) is 9.88 Å². The van der Waals surface area contributed by atoms with Crippen LogP contribution >= 0.6 is 0 Å². The molecule has 0 fully saturated rings. The fourth-order valence-electron chi connectivity index (χ4n) is 2.76. The van der Waals surface area contributed by atoms with Gasteiger partial charge in [0.2, 0.25) is 5.91 Å². The van der Waals surface area contributed by atoms with Crippen molar-refractivity contribution in [3.8, 4) is 5.75 Å². The lowest BCUT2D eigenvalue weighted by Crippen LogP contribution is -2.40. The zero-order chi connectivity index (χ0) is 22.1. The van der Waals surface area contributed by atoms with Crippen molar-refractivity contribution in [1.29, 1.82) is 0 Å². The van der Waals surface area contributed by atoms with Gasteiger partial charge in [0, 0.05) is 22.7 Å². The Balaban J connectivity index is 2.01. The van der Waals surface area contributed by atoms with Gasteiger partial charge in [0.25, 0.3) is 5.91 Å². The molecule has 0 radical (unpaired) electrons. The first-order valence-corrected chi connectivity index (χ1v) is 9.22. The molecule has 0 aliphatic rings. The van der Waals surface area contributed by atoms with Crippen LogP contribution in [0.1, 0.15) is 31.1 Å². The summed E-state index contributed by atoms with van der Waals surface area (Å²) < 4.78 is 19.6. The third-order valence-electron chi connectivity index (χ3n) is 4.48. The number of nitrogens with one attached hydrogen (secondary N) is 2. The molecule has 1 aromatic heterocycles. The molecule has 0 aliphatic heterocycles. The summed E-state index contributed by atoms with van der Waals surface area (Å²) in [6.45, 7) is 5.07. The fraction of sp³-hybridized carbons (Fsp3) is 0.227. The molecular weight excluding hydrogens is 389 g/mol. The van der Waals surface area contributed by atoms with Gasteiger partial charge in [-0.2, -0.15) is 0 Å². The highest BCUT2D eigenvalue weighted by molar-refractivity contribution is 6.15. The molecule has 0 aliphatic carbocycles. The molecule has 3 amide bonds. The maximum Gasteiger partial charge on any atom is 0.332 e. The average molecular weight is 411 g/mol. The number of hydrogen-bond donors (Lipinski definition) is 2. The predicted octanol–water partition coefficient (Wildman–Crippen LogP) is 4.17. The van der Waals surface area contributed by atoms with Crippen molar-refractivity contribution < 1.29 is 23.5 Å². The van der Waals surface area contributed by atoms with Crippen LogP contribution in [0.4, 0.5) is 14.9 Å². The van der Waals surface area contributed by atoms with Crippen molar-refractivity contribution in [2.75, 3.05) is 12.4 Å². The second-order valence-electron chi connectivity index (χ2n) is 7.77. The van der Waals surface area contributed by atoms with Gasteiger partial charge in [-0.3, -0.25) is 19.5 Å². The van der Waals surface area contributed by atoms with Crippen LogP contribution in [0, 0.1) is 11.2 Å². The summed E-state index contributed by atoms with van der Waals surface area (Å²) in [4.78, 5) is 37.8.